The van der Waals surface area contributed by atoms with Crippen molar-refractivity contribution in [1.29, 1.82) is 0 Å². The first-order chi connectivity index (χ1) is 10.4. The summed E-state index contributed by atoms with van der Waals surface area (Å²) < 4.78 is 0. The molecule has 0 aliphatic heterocycles. The van der Waals surface area contributed by atoms with Gasteiger partial charge in [-0.3, -0.25) is 9.59 Å². The number of anilines is 1. The topological polar surface area (TPSA) is 49.4 Å². The van der Waals surface area contributed by atoms with E-state index < -0.39 is 11.8 Å². The molecular formula is C18H26N2O2. The van der Waals surface area contributed by atoms with Crippen LogP contribution >= 0.6 is 0 Å². The first kappa shape index (κ1) is 16.5. The van der Waals surface area contributed by atoms with Gasteiger partial charge in [-0.15, -0.1) is 0 Å². The number of amides is 2. The summed E-state index contributed by atoms with van der Waals surface area (Å²) in [4.78, 5) is 26.3. The van der Waals surface area contributed by atoms with Gasteiger partial charge in [-0.05, 0) is 44.7 Å². The number of benzene rings is 1. The molecule has 1 aliphatic rings. The first-order valence-electron chi connectivity index (χ1n) is 8.06. The monoisotopic (exact) mass is 302 g/mol. The highest BCUT2D eigenvalue weighted by Gasteiger charge is 2.27. The smallest absolute Gasteiger partial charge is 0.313 e. The van der Waals surface area contributed by atoms with Gasteiger partial charge in [0.25, 0.3) is 0 Å². The number of hydrogen-bond donors (Lipinski definition) is 1. The van der Waals surface area contributed by atoms with E-state index in [4.69, 9.17) is 0 Å². The molecule has 1 fully saturated rings. The van der Waals surface area contributed by atoms with Gasteiger partial charge < -0.3 is 10.2 Å². The summed E-state index contributed by atoms with van der Waals surface area (Å²) in [6.07, 6.45) is 5.50. The highest BCUT2D eigenvalue weighted by molar-refractivity contribution is 6.39. The molecule has 1 aromatic carbocycles. The van der Waals surface area contributed by atoms with Crippen molar-refractivity contribution in [3.8, 4) is 0 Å². The van der Waals surface area contributed by atoms with Crippen LogP contribution in [-0.4, -0.2) is 29.8 Å². The number of aryl methyl sites for hydroxylation is 3. The van der Waals surface area contributed by atoms with Crippen molar-refractivity contribution in [3.05, 3.63) is 28.8 Å². The second-order valence-corrected chi connectivity index (χ2v) is 6.44. The van der Waals surface area contributed by atoms with Crippen molar-refractivity contribution in [2.45, 2.75) is 58.9 Å². The molecule has 0 heterocycles. The molecule has 2 amide bonds. The van der Waals surface area contributed by atoms with Gasteiger partial charge in [-0.2, -0.15) is 0 Å². The molecule has 4 heteroatoms. The fourth-order valence-corrected chi connectivity index (χ4v) is 3.34. The quantitative estimate of drug-likeness (QED) is 0.852. The zero-order chi connectivity index (χ0) is 16.3. The van der Waals surface area contributed by atoms with Crippen LogP contribution in [-0.2, 0) is 9.59 Å². The molecule has 0 radical (unpaired) electrons. The molecule has 0 unspecified atom stereocenters. The van der Waals surface area contributed by atoms with Crippen molar-refractivity contribution < 1.29 is 9.59 Å². The van der Waals surface area contributed by atoms with Gasteiger partial charge in [0.15, 0.2) is 0 Å². The predicted octanol–water partition coefficient (Wildman–Crippen LogP) is 3.34. The standard InChI is InChI=1S/C18H26N2O2/c1-12-10-13(2)16(14(3)11-12)19-17(21)18(22)20(4)15-8-6-5-7-9-15/h10-11,15H,5-9H2,1-4H3,(H,19,21). The zero-order valence-corrected chi connectivity index (χ0v) is 14.0. The Labute approximate surface area is 132 Å². The average Bonchev–Trinajstić information content (AvgIpc) is 2.50. The predicted molar refractivity (Wildman–Crippen MR) is 88.9 cm³/mol. The molecule has 0 bridgehead atoms. The van der Waals surface area contributed by atoms with Crippen LogP contribution < -0.4 is 5.32 Å². The molecule has 22 heavy (non-hydrogen) atoms. The Kier molecular flexibility index (Phi) is 5.22. The summed E-state index contributed by atoms with van der Waals surface area (Å²) in [5, 5.41) is 2.80. The lowest BCUT2D eigenvalue weighted by Crippen LogP contribution is -2.44. The third-order valence-corrected chi connectivity index (χ3v) is 4.55. The van der Waals surface area contributed by atoms with Gasteiger partial charge in [0.05, 0.1) is 0 Å². The maximum Gasteiger partial charge on any atom is 0.313 e. The second kappa shape index (κ2) is 6.95. The lowest BCUT2D eigenvalue weighted by Gasteiger charge is -2.30. The molecule has 1 N–H and O–H groups in total. The lowest BCUT2D eigenvalue weighted by molar-refractivity contribution is -0.144. The second-order valence-electron chi connectivity index (χ2n) is 6.44. The largest absolute Gasteiger partial charge is 0.335 e. The van der Waals surface area contributed by atoms with Crippen LogP contribution in [0.25, 0.3) is 0 Å². The number of nitrogens with zero attached hydrogens (tertiary/aromatic N) is 1. The van der Waals surface area contributed by atoms with Crippen LogP contribution in [0.2, 0.25) is 0 Å². The van der Waals surface area contributed by atoms with Gasteiger partial charge in [0.1, 0.15) is 0 Å². The maximum atomic E-state index is 12.4. The Morgan fingerprint density at radius 2 is 1.59 bits per heavy atom. The van der Waals surface area contributed by atoms with E-state index in [0.717, 1.165) is 48.1 Å². The van der Waals surface area contributed by atoms with E-state index >= 15 is 0 Å². The van der Waals surface area contributed by atoms with E-state index in [1.807, 2.05) is 32.9 Å². The summed E-state index contributed by atoms with van der Waals surface area (Å²) >= 11 is 0. The number of carbonyl (C=O) groups excluding carboxylic acids is 2. The Morgan fingerprint density at radius 3 is 2.14 bits per heavy atom. The van der Waals surface area contributed by atoms with E-state index in [0.29, 0.717) is 0 Å². The van der Waals surface area contributed by atoms with E-state index in [2.05, 4.69) is 5.32 Å². The van der Waals surface area contributed by atoms with Gasteiger partial charge in [0, 0.05) is 18.8 Å². The number of likely N-dealkylation sites (N-methyl/N-ethyl adjacent to an activating group) is 1. The van der Waals surface area contributed by atoms with Crippen molar-refractivity contribution in [1.82, 2.24) is 4.90 Å². The van der Waals surface area contributed by atoms with E-state index in [-0.39, 0.29) is 6.04 Å². The highest BCUT2D eigenvalue weighted by Crippen LogP contribution is 2.24. The van der Waals surface area contributed by atoms with Crippen LogP contribution in [0.1, 0.15) is 48.8 Å². The van der Waals surface area contributed by atoms with Gasteiger partial charge in [-0.1, -0.05) is 37.0 Å². The molecule has 1 aromatic rings. The minimum Gasteiger partial charge on any atom is -0.335 e. The molecule has 0 saturated heterocycles. The van der Waals surface area contributed by atoms with Crippen LogP contribution in [0.5, 0.6) is 0 Å². The SMILES string of the molecule is Cc1cc(C)c(NC(=O)C(=O)N(C)C2CCCCC2)c(C)c1. The van der Waals surface area contributed by atoms with Gasteiger partial charge >= 0.3 is 11.8 Å². The molecule has 0 aromatic heterocycles. The third-order valence-electron chi connectivity index (χ3n) is 4.55. The number of nitrogens with one attached hydrogen (secondary N) is 1. The fourth-order valence-electron chi connectivity index (χ4n) is 3.34. The summed E-state index contributed by atoms with van der Waals surface area (Å²) in [7, 11) is 1.74. The summed E-state index contributed by atoms with van der Waals surface area (Å²) in [6.45, 7) is 5.92. The number of carbonyl (C=O) groups is 2. The number of hydrogen-bond acceptors (Lipinski definition) is 2. The maximum absolute atomic E-state index is 12.4. The van der Waals surface area contributed by atoms with E-state index in [9.17, 15) is 9.59 Å². The van der Waals surface area contributed by atoms with Crippen molar-refractivity contribution >= 4 is 17.5 Å². The molecule has 0 spiro atoms. The summed E-state index contributed by atoms with van der Waals surface area (Å²) in [5.41, 5.74) is 3.87. The minimum absolute atomic E-state index is 0.201. The Morgan fingerprint density at radius 1 is 1.05 bits per heavy atom. The average molecular weight is 302 g/mol. The Hall–Kier alpha value is -1.84. The van der Waals surface area contributed by atoms with Crippen LogP contribution in [0.4, 0.5) is 5.69 Å². The van der Waals surface area contributed by atoms with E-state index in [1.54, 1.807) is 11.9 Å². The minimum atomic E-state index is -0.539. The van der Waals surface area contributed by atoms with Crippen molar-refractivity contribution in [2.75, 3.05) is 12.4 Å². The van der Waals surface area contributed by atoms with Gasteiger partial charge in [-0.25, -0.2) is 0 Å². The first-order valence-corrected chi connectivity index (χ1v) is 8.06. The molecule has 1 aliphatic carbocycles. The van der Waals surface area contributed by atoms with E-state index in [1.165, 1.54) is 6.42 Å². The lowest BCUT2D eigenvalue weighted by atomic mass is 9.94. The molecule has 4 nitrogen and oxygen atoms in total. The summed E-state index contributed by atoms with van der Waals surface area (Å²) in [6, 6.07) is 4.22. The molecule has 0 atom stereocenters. The van der Waals surface area contributed by atoms with Crippen LogP contribution in [0, 0.1) is 20.8 Å². The van der Waals surface area contributed by atoms with Crippen molar-refractivity contribution in [3.63, 3.8) is 0 Å². The van der Waals surface area contributed by atoms with Crippen molar-refractivity contribution in [2.24, 2.45) is 0 Å². The summed E-state index contributed by atoms with van der Waals surface area (Å²) in [5.74, 6) is -0.977. The molecule has 120 valence electrons. The molecule has 1 saturated carbocycles. The Balaban J connectivity index is 2.07. The molecular weight excluding hydrogens is 276 g/mol. The normalized spacial score (nSPS) is 15.5. The fraction of sp³-hybridized carbons (Fsp3) is 0.556. The zero-order valence-electron chi connectivity index (χ0n) is 14.0. The van der Waals surface area contributed by atoms with Crippen LogP contribution in [0.3, 0.4) is 0 Å². The third kappa shape index (κ3) is 3.67. The highest BCUT2D eigenvalue weighted by atomic mass is 16.2. The van der Waals surface area contributed by atoms with Gasteiger partial charge in [0.2, 0.25) is 0 Å². The molecule has 2 rings (SSSR count). The Bertz CT molecular complexity index is 551. The van der Waals surface area contributed by atoms with Crippen LogP contribution in [0.15, 0.2) is 12.1 Å². The number of rotatable bonds is 2.